The van der Waals surface area contributed by atoms with Crippen LogP contribution in [0.2, 0.25) is 0 Å². The number of fused-ring (bicyclic) bond motifs is 1. The third-order valence-electron chi connectivity index (χ3n) is 5.60. The Morgan fingerprint density at radius 2 is 1.81 bits per heavy atom. The molecule has 1 aromatic carbocycles. The molecule has 146 valence electrons. The van der Waals surface area contributed by atoms with Gasteiger partial charge in [0.2, 0.25) is 0 Å². The molecular weight excluding hydrogens is 437 g/mol. The fourth-order valence-corrected chi connectivity index (χ4v) is 3.99. The van der Waals surface area contributed by atoms with Crippen molar-refractivity contribution in [2.24, 2.45) is 10.9 Å². The van der Waals surface area contributed by atoms with Gasteiger partial charge in [-0.1, -0.05) is 32.0 Å². The van der Waals surface area contributed by atoms with E-state index < -0.39 is 0 Å². The van der Waals surface area contributed by atoms with E-state index in [0.717, 1.165) is 51.6 Å². The maximum absolute atomic E-state index is 4.56. The Bertz CT molecular complexity index is 596. The second-order valence-electron chi connectivity index (χ2n) is 7.61. The van der Waals surface area contributed by atoms with Gasteiger partial charge in [0.25, 0.3) is 0 Å². The zero-order valence-corrected chi connectivity index (χ0v) is 18.9. The standard InChI is InChI=1S/C20H33N5.HI/c1-16(2)19(24-13-11-23(4)12-14-24)15-22-20(21-3)25-10-9-17-7-5-6-8-18(17)25;/h5-8,16,19H,9-15H2,1-4H3,(H,21,22);1H. The summed E-state index contributed by atoms with van der Waals surface area (Å²) < 4.78 is 0. The van der Waals surface area contributed by atoms with Gasteiger partial charge >= 0.3 is 0 Å². The summed E-state index contributed by atoms with van der Waals surface area (Å²) in [6.07, 6.45) is 1.10. The van der Waals surface area contributed by atoms with Crippen molar-refractivity contribution in [3.05, 3.63) is 29.8 Å². The van der Waals surface area contributed by atoms with E-state index in [-0.39, 0.29) is 24.0 Å². The van der Waals surface area contributed by atoms with Gasteiger partial charge in [0.15, 0.2) is 5.96 Å². The summed E-state index contributed by atoms with van der Waals surface area (Å²) in [6, 6.07) is 9.22. The molecule has 0 bridgehead atoms. The molecule has 0 saturated carbocycles. The van der Waals surface area contributed by atoms with Crippen LogP contribution in [0.3, 0.4) is 0 Å². The lowest BCUT2D eigenvalue weighted by atomic mass is 10.0. The zero-order valence-electron chi connectivity index (χ0n) is 16.6. The van der Waals surface area contributed by atoms with Crippen LogP contribution in [0.5, 0.6) is 0 Å². The molecule has 1 unspecified atom stereocenters. The Morgan fingerprint density at radius 3 is 2.46 bits per heavy atom. The van der Waals surface area contributed by atoms with Crippen molar-refractivity contribution in [2.75, 3.05) is 58.3 Å². The fourth-order valence-electron chi connectivity index (χ4n) is 3.99. The number of likely N-dealkylation sites (N-methyl/N-ethyl adjacent to an activating group) is 1. The number of rotatable bonds is 4. The molecule has 0 amide bonds. The zero-order chi connectivity index (χ0) is 17.8. The smallest absolute Gasteiger partial charge is 0.198 e. The van der Waals surface area contributed by atoms with E-state index in [4.69, 9.17) is 0 Å². The lowest BCUT2D eigenvalue weighted by Crippen LogP contribution is -2.55. The molecule has 3 rings (SSSR count). The van der Waals surface area contributed by atoms with E-state index in [2.05, 4.69) is 70.2 Å². The van der Waals surface area contributed by atoms with E-state index in [1.807, 2.05) is 7.05 Å². The van der Waals surface area contributed by atoms with Crippen LogP contribution in [-0.4, -0.2) is 75.2 Å². The number of hydrogen-bond acceptors (Lipinski definition) is 3. The van der Waals surface area contributed by atoms with Gasteiger partial charge in [-0.05, 0) is 31.0 Å². The van der Waals surface area contributed by atoms with Crippen molar-refractivity contribution in [3.8, 4) is 0 Å². The SMILES string of the molecule is CN=C(NCC(C(C)C)N1CCN(C)CC1)N1CCc2ccccc21.I. The second kappa shape index (κ2) is 9.90. The molecule has 6 heteroatoms. The predicted molar refractivity (Wildman–Crippen MR) is 122 cm³/mol. The lowest BCUT2D eigenvalue weighted by molar-refractivity contribution is 0.0900. The number of piperazine rings is 1. The average Bonchev–Trinajstić information content (AvgIpc) is 3.04. The number of aliphatic imine (C=N–C) groups is 1. The Morgan fingerprint density at radius 1 is 1.12 bits per heavy atom. The summed E-state index contributed by atoms with van der Waals surface area (Å²) in [5, 5.41) is 3.66. The van der Waals surface area contributed by atoms with Crippen LogP contribution < -0.4 is 10.2 Å². The number of para-hydroxylation sites is 1. The first-order chi connectivity index (χ1) is 12.1. The van der Waals surface area contributed by atoms with Gasteiger partial charge < -0.3 is 15.1 Å². The van der Waals surface area contributed by atoms with Crippen molar-refractivity contribution < 1.29 is 0 Å². The van der Waals surface area contributed by atoms with Crippen LogP contribution in [0, 0.1) is 5.92 Å². The molecule has 26 heavy (non-hydrogen) atoms. The largest absolute Gasteiger partial charge is 0.354 e. The lowest BCUT2D eigenvalue weighted by Gasteiger charge is -2.40. The Labute approximate surface area is 175 Å². The van der Waals surface area contributed by atoms with E-state index in [1.165, 1.54) is 11.3 Å². The first-order valence-corrected chi connectivity index (χ1v) is 9.59. The maximum atomic E-state index is 4.56. The molecule has 1 N–H and O–H groups in total. The molecule has 0 spiro atoms. The van der Waals surface area contributed by atoms with E-state index >= 15 is 0 Å². The van der Waals surface area contributed by atoms with Gasteiger partial charge in [-0.2, -0.15) is 0 Å². The first kappa shape index (κ1) is 21.4. The number of guanidine groups is 1. The summed E-state index contributed by atoms with van der Waals surface area (Å²) >= 11 is 0. The molecule has 0 aromatic heterocycles. The first-order valence-electron chi connectivity index (χ1n) is 9.59. The highest BCUT2D eigenvalue weighted by molar-refractivity contribution is 14.0. The molecule has 1 fully saturated rings. The van der Waals surface area contributed by atoms with Crippen LogP contribution in [0.25, 0.3) is 0 Å². The summed E-state index contributed by atoms with van der Waals surface area (Å²) in [7, 11) is 4.11. The fraction of sp³-hybridized carbons (Fsp3) is 0.650. The van der Waals surface area contributed by atoms with Crippen LogP contribution in [0.4, 0.5) is 5.69 Å². The molecule has 1 atom stereocenters. The van der Waals surface area contributed by atoms with Crippen LogP contribution in [0.15, 0.2) is 29.3 Å². The number of hydrogen-bond donors (Lipinski definition) is 1. The predicted octanol–water partition coefficient (Wildman–Crippen LogP) is 2.51. The Kier molecular flexibility index (Phi) is 8.16. The van der Waals surface area contributed by atoms with E-state index in [9.17, 15) is 0 Å². The van der Waals surface area contributed by atoms with Crippen molar-refractivity contribution >= 4 is 35.6 Å². The third-order valence-corrected chi connectivity index (χ3v) is 5.60. The molecular formula is C20H34IN5. The Hall–Kier alpha value is -0.860. The van der Waals surface area contributed by atoms with Crippen molar-refractivity contribution in [2.45, 2.75) is 26.3 Å². The van der Waals surface area contributed by atoms with Crippen molar-refractivity contribution in [1.82, 2.24) is 15.1 Å². The highest BCUT2D eigenvalue weighted by Crippen LogP contribution is 2.27. The number of nitrogens with one attached hydrogen (secondary N) is 1. The number of benzene rings is 1. The highest BCUT2D eigenvalue weighted by Gasteiger charge is 2.27. The molecule has 1 saturated heterocycles. The number of halogens is 1. The summed E-state index contributed by atoms with van der Waals surface area (Å²) in [4.78, 5) is 12.0. The molecule has 2 aliphatic rings. The Balaban J connectivity index is 0.00000243. The summed E-state index contributed by atoms with van der Waals surface area (Å²) in [5.74, 6) is 1.63. The average molecular weight is 471 g/mol. The van der Waals surface area contributed by atoms with Crippen molar-refractivity contribution in [3.63, 3.8) is 0 Å². The number of anilines is 1. The van der Waals surface area contributed by atoms with Crippen molar-refractivity contribution in [1.29, 1.82) is 0 Å². The van der Waals surface area contributed by atoms with Gasteiger partial charge in [-0.3, -0.25) is 9.89 Å². The van der Waals surface area contributed by atoms with Gasteiger partial charge in [0.05, 0.1) is 0 Å². The summed E-state index contributed by atoms with van der Waals surface area (Å²) in [5.41, 5.74) is 2.72. The van der Waals surface area contributed by atoms with E-state index in [1.54, 1.807) is 0 Å². The molecule has 0 aliphatic carbocycles. The minimum Gasteiger partial charge on any atom is -0.354 e. The highest BCUT2D eigenvalue weighted by atomic mass is 127. The quantitative estimate of drug-likeness (QED) is 0.416. The molecule has 5 nitrogen and oxygen atoms in total. The van der Waals surface area contributed by atoms with Crippen LogP contribution >= 0.6 is 24.0 Å². The second-order valence-corrected chi connectivity index (χ2v) is 7.61. The van der Waals surface area contributed by atoms with Gasteiger partial charge in [0.1, 0.15) is 0 Å². The minimum atomic E-state index is 0. The van der Waals surface area contributed by atoms with E-state index in [0.29, 0.717) is 12.0 Å². The van der Waals surface area contributed by atoms with Gasteiger partial charge in [-0.15, -0.1) is 24.0 Å². The third kappa shape index (κ3) is 4.89. The number of nitrogens with zero attached hydrogens (tertiary/aromatic N) is 4. The minimum absolute atomic E-state index is 0. The normalized spacial score (nSPS) is 20.0. The van der Waals surface area contributed by atoms with Gasteiger partial charge in [0, 0.05) is 58.0 Å². The van der Waals surface area contributed by atoms with Crippen LogP contribution in [0.1, 0.15) is 19.4 Å². The molecule has 2 aliphatic heterocycles. The topological polar surface area (TPSA) is 34.1 Å². The monoisotopic (exact) mass is 471 g/mol. The molecule has 1 aromatic rings. The van der Waals surface area contributed by atoms with Crippen LogP contribution in [-0.2, 0) is 6.42 Å². The van der Waals surface area contributed by atoms with Gasteiger partial charge in [-0.25, -0.2) is 0 Å². The molecule has 2 heterocycles. The summed E-state index contributed by atoms with van der Waals surface area (Å²) in [6.45, 7) is 11.3. The molecule has 0 radical (unpaired) electrons. The maximum Gasteiger partial charge on any atom is 0.198 e.